The number of piperidine rings is 1. The van der Waals surface area contributed by atoms with Crippen LogP contribution in [0.4, 0.5) is 0 Å². The number of methoxy groups -OCH3 is 1. The average molecular weight is 298 g/mol. The molecule has 0 atom stereocenters. The highest BCUT2D eigenvalue weighted by Gasteiger charge is 2.18. The average Bonchev–Trinajstić information content (AvgIpc) is 2.39. The van der Waals surface area contributed by atoms with E-state index in [9.17, 15) is 4.79 Å². The van der Waals surface area contributed by atoms with Crippen molar-refractivity contribution >= 4 is 21.8 Å². The van der Waals surface area contributed by atoms with Crippen molar-refractivity contribution in [3.63, 3.8) is 0 Å². The summed E-state index contributed by atoms with van der Waals surface area (Å²) >= 11 is 3.40. The molecule has 0 radical (unpaired) electrons. The summed E-state index contributed by atoms with van der Waals surface area (Å²) < 4.78 is 5.98. The molecule has 1 amide bonds. The first-order valence-corrected chi connectivity index (χ1v) is 6.64. The first kappa shape index (κ1) is 12.4. The summed E-state index contributed by atoms with van der Waals surface area (Å²) in [6.07, 6.45) is 3.46. The van der Waals surface area contributed by atoms with Gasteiger partial charge in [0.05, 0.1) is 11.6 Å². The molecule has 1 fully saturated rings. The Kier molecular flexibility index (Phi) is 4.05. The Balaban J connectivity index is 2.16. The Hall–Kier alpha value is -1.03. The van der Waals surface area contributed by atoms with Gasteiger partial charge >= 0.3 is 0 Å². The lowest BCUT2D eigenvalue weighted by Crippen LogP contribution is -2.35. The van der Waals surface area contributed by atoms with Gasteiger partial charge in [0.1, 0.15) is 5.75 Å². The first-order valence-electron chi connectivity index (χ1n) is 5.85. The number of benzene rings is 1. The van der Waals surface area contributed by atoms with Crippen molar-refractivity contribution < 1.29 is 9.53 Å². The van der Waals surface area contributed by atoms with Gasteiger partial charge in [-0.3, -0.25) is 4.79 Å². The molecule has 1 heterocycles. The Morgan fingerprint density at radius 3 is 2.59 bits per heavy atom. The van der Waals surface area contributed by atoms with Crippen LogP contribution >= 0.6 is 15.9 Å². The molecular formula is C13H16BrNO2. The third-order valence-corrected chi connectivity index (χ3v) is 3.66. The number of carbonyl (C=O) groups excluding carboxylic acids is 1. The summed E-state index contributed by atoms with van der Waals surface area (Å²) in [6, 6.07) is 5.47. The van der Waals surface area contributed by atoms with Crippen molar-refractivity contribution in [2.75, 3.05) is 20.2 Å². The molecule has 0 N–H and O–H groups in total. The van der Waals surface area contributed by atoms with Gasteiger partial charge < -0.3 is 9.64 Å². The van der Waals surface area contributed by atoms with E-state index in [1.165, 1.54) is 6.42 Å². The molecule has 17 heavy (non-hydrogen) atoms. The molecule has 0 aromatic heterocycles. The van der Waals surface area contributed by atoms with Crippen LogP contribution < -0.4 is 4.74 Å². The summed E-state index contributed by atoms with van der Waals surface area (Å²) in [5, 5.41) is 0. The number of nitrogens with zero attached hydrogens (tertiary/aromatic N) is 1. The lowest BCUT2D eigenvalue weighted by molar-refractivity contribution is 0.0724. The molecule has 1 aromatic carbocycles. The van der Waals surface area contributed by atoms with Gasteiger partial charge in [-0.15, -0.1) is 0 Å². The van der Waals surface area contributed by atoms with E-state index in [4.69, 9.17) is 4.74 Å². The van der Waals surface area contributed by atoms with E-state index < -0.39 is 0 Å². The lowest BCUT2D eigenvalue weighted by Gasteiger charge is -2.26. The normalized spacial score (nSPS) is 15.8. The highest BCUT2D eigenvalue weighted by molar-refractivity contribution is 9.10. The Morgan fingerprint density at radius 1 is 1.29 bits per heavy atom. The number of likely N-dealkylation sites (tertiary alicyclic amines) is 1. The molecule has 0 aliphatic carbocycles. The third kappa shape index (κ3) is 2.80. The van der Waals surface area contributed by atoms with E-state index in [2.05, 4.69) is 15.9 Å². The van der Waals surface area contributed by atoms with Crippen LogP contribution in [0.3, 0.4) is 0 Å². The molecule has 1 aromatic rings. The summed E-state index contributed by atoms with van der Waals surface area (Å²) in [6.45, 7) is 1.75. The third-order valence-electron chi connectivity index (χ3n) is 3.04. The number of hydrogen-bond acceptors (Lipinski definition) is 2. The minimum Gasteiger partial charge on any atom is -0.496 e. The number of rotatable bonds is 2. The highest BCUT2D eigenvalue weighted by Crippen LogP contribution is 2.26. The second kappa shape index (κ2) is 5.54. The van der Waals surface area contributed by atoms with Crippen molar-refractivity contribution in [3.8, 4) is 5.75 Å². The number of hydrogen-bond donors (Lipinski definition) is 0. The van der Waals surface area contributed by atoms with Crippen LogP contribution in [0.5, 0.6) is 5.75 Å². The molecule has 1 aliphatic heterocycles. The van der Waals surface area contributed by atoms with E-state index in [1.54, 1.807) is 7.11 Å². The fourth-order valence-corrected chi connectivity index (χ4v) is 2.62. The predicted octanol–water partition coefficient (Wildman–Crippen LogP) is 3.08. The van der Waals surface area contributed by atoms with Crippen LogP contribution in [-0.4, -0.2) is 31.0 Å². The van der Waals surface area contributed by atoms with Crippen LogP contribution in [0.25, 0.3) is 0 Å². The van der Waals surface area contributed by atoms with Crippen molar-refractivity contribution in [2.45, 2.75) is 19.3 Å². The van der Waals surface area contributed by atoms with E-state index >= 15 is 0 Å². The van der Waals surface area contributed by atoms with Crippen molar-refractivity contribution in [1.29, 1.82) is 0 Å². The molecule has 4 heteroatoms. The summed E-state index contributed by atoms with van der Waals surface area (Å²) in [5.41, 5.74) is 0.722. The summed E-state index contributed by atoms with van der Waals surface area (Å²) in [4.78, 5) is 14.1. The summed E-state index contributed by atoms with van der Waals surface area (Å²) in [7, 11) is 1.62. The Labute approximate surface area is 110 Å². The SMILES string of the molecule is COc1ccc(C(=O)N2CCCCC2)cc1Br. The minimum absolute atomic E-state index is 0.119. The molecular weight excluding hydrogens is 282 g/mol. The fraction of sp³-hybridized carbons (Fsp3) is 0.462. The lowest BCUT2D eigenvalue weighted by atomic mass is 10.1. The van der Waals surface area contributed by atoms with Gasteiger partial charge in [-0.25, -0.2) is 0 Å². The van der Waals surface area contributed by atoms with Crippen LogP contribution in [0, 0.1) is 0 Å². The maximum absolute atomic E-state index is 12.2. The molecule has 0 unspecified atom stereocenters. The zero-order valence-electron chi connectivity index (χ0n) is 9.91. The number of halogens is 1. The van der Waals surface area contributed by atoms with E-state index in [0.717, 1.165) is 41.7 Å². The largest absolute Gasteiger partial charge is 0.496 e. The van der Waals surface area contributed by atoms with Gasteiger partial charge in [-0.1, -0.05) is 0 Å². The quantitative estimate of drug-likeness (QED) is 0.839. The molecule has 3 nitrogen and oxygen atoms in total. The van der Waals surface area contributed by atoms with Crippen LogP contribution in [0.2, 0.25) is 0 Å². The highest BCUT2D eigenvalue weighted by atomic mass is 79.9. The smallest absolute Gasteiger partial charge is 0.253 e. The maximum atomic E-state index is 12.2. The van der Waals surface area contributed by atoms with Gasteiger partial charge in [0.25, 0.3) is 5.91 Å². The maximum Gasteiger partial charge on any atom is 0.253 e. The van der Waals surface area contributed by atoms with Crippen LogP contribution in [0.1, 0.15) is 29.6 Å². The fourth-order valence-electron chi connectivity index (χ4n) is 2.08. The predicted molar refractivity (Wildman–Crippen MR) is 70.4 cm³/mol. The second-order valence-electron chi connectivity index (χ2n) is 4.20. The summed E-state index contributed by atoms with van der Waals surface area (Å²) in [5.74, 6) is 0.869. The number of carbonyl (C=O) groups is 1. The van der Waals surface area contributed by atoms with Crippen LogP contribution in [0.15, 0.2) is 22.7 Å². The Bertz CT molecular complexity index is 414. The standard InChI is InChI=1S/C13H16BrNO2/c1-17-12-6-5-10(9-11(12)14)13(16)15-7-3-2-4-8-15/h5-6,9H,2-4,7-8H2,1H3. The molecule has 92 valence electrons. The van der Waals surface area contributed by atoms with Gasteiger partial charge in [0.15, 0.2) is 0 Å². The minimum atomic E-state index is 0.119. The zero-order chi connectivity index (χ0) is 12.3. The van der Waals surface area contributed by atoms with Gasteiger partial charge in [-0.05, 0) is 53.4 Å². The van der Waals surface area contributed by atoms with Crippen molar-refractivity contribution in [1.82, 2.24) is 4.90 Å². The molecule has 0 bridgehead atoms. The van der Waals surface area contributed by atoms with Crippen molar-refractivity contribution in [2.24, 2.45) is 0 Å². The molecule has 2 rings (SSSR count). The second-order valence-corrected chi connectivity index (χ2v) is 5.06. The van der Waals surface area contributed by atoms with Gasteiger partial charge in [-0.2, -0.15) is 0 Å². The number of ether oxygens (including phenoxy) is 1. The van der Waals surface area contributed by atoms with E-state index in [1.807, 2.05) is 23.1 Å². The number of amides is 1. The molecule has 0 saturated carbocycles. The zero-order valence-corrected chi connectivity index (χ0v) is 11.5. The monoisotopic (exact) mass is 297 g/mol. The molecule has 0 spiro atoms. The molecule has 1 saturated heterocycles. The molecule has 1 aliphatic rings. The Morgan fingerprint density at radius 2 is 2.00 bits per heavy atom. The topological polar surface area (TPSA) is 29.5 Å². The van der Waals surface area contributed by atoms with Crippen LogP contribution in [-0.2, 0) is 0 Å². The van der Waals surface area contributed by atoms with E-state index in [0.29, 0.717) is 0 Å². The van der Waals surface area contributed by atoms with Crippen molar-refractivity contribution in [3.05, 3.63) is 28.2 Å². The first-order chi connectivity index (χ1) is 8.22. The van der Waals surface area contributed by atoms with Gasteiger partial charge in [0.2, 0.25) is 0 Å². The van der Waals surface area contributed by atoms with E-state index in [-0.39, 0.29) is 5.91 Å². The van der Waals surface area contributed by atoms with Gasteiger partial charge in [0, 0.05) is 18.7 Å².